The van der Waals surface area contributed by atoms with Crippen LogP contribution in [0, 0.1) is 11.6 Å². The van der Waals surface area contributed by atoms with Crippen LogP contribution in [0.3, 0.4) is 0 Å². The molecule has 2 aromatic rings. The molecule has 4 nitrogen and oxygen atoms in total. The van der Waals surface area contributed by atoms with Crippen molar-refractivity contribution in [2.45, 2.75) is 31.5 Å². The Labute approximate surface area is 158 Å². The first-order chi connectivity index (χ1) is 12.9. The molecule has 0 radical (unpaired) electrons. The van der Waals surface area contributed by atoms with E-state index in [0.717, 1.165) is 11.1 Å². The van der Waals surface area contributed by atoms with Gasteiger partial charge in [-0.2, -0.15) is 0 Å². The summed E-state index contributed by atoms with van der Waals surface area (Å²) in [7, 11) is 1.83. The lowest BCUT2D eigenvalue weighted by atomic mass is 9.90. The molecule has 1 heterocycles. The lowest BCUT2D eigenvalue weighted by Crippen LogP contribution is -2.57. The maximum Gasteiger partial charge on any atom is 0.256 e. The minimum atomic E-state index is -1.45. The van der Waals surface area contributed by atoms with Crippen LogP contribution in [0.1, 0.15) is 24.0 Å². The number of benzene rings is 2. The standard InChI is InChI=1S/C21H24F2N2O2/c1-24(13-16-3-7-18(22)8-4-16)15-21(27)11-2-12-25(20(21)26)14-17-5-9-19(23)10-6-17/h3-10,27H,2,11-15H2,1H3/t21-/m0/s1. The summed E-state index contributed by atoms with van der Waals surface area (Å²) in [4.78, 5) is 16.4. The Morgan fingerprint density at radius 1 is 1.04 bits per heavy atom. The summed E-state index contributed by atoms with van der Waals surface area (Å²) in [6, 6.07) is 12.2. The van der Waals surface area contributed by atoms with Gasteiger partial charge in [-0.05, 0) is 55.3 Å². The van der Waals surface area contributed by atoms with E-state index in [2.05, 4.69) is 0 Å². The molecule has 0 unspecified atom stereocenters. The van der Waals surface area contributed by atoms with Crippen molar-refractivity contribution in [2.75, 3.05) is 20.1 Å². The molecular weight excluding hydrogens is 350 g/mol. The zero-order valence-electron chi connectivity index (χ0n) is 15.4. The highest BCUT2D eigenvalue weighted by atomic mass is 19.1. The van der Waals surface area contributed by atoms with Crippen LogP contribution < -0.4 is 0 Å². The summed E-state index contributed by atoms with van der Waals surface area (Å²) in [5, 5.41) is 11.0. The smallest absolute Gasteiger partial charge is 0.256 e. The van der Waals surface area contributed by atoms with Crippen LogP contribution in [-0.4, -0.2) is 46.6 Å². The summed E-state index contributed by atoms with van der Waals surface area (Å²) in [6.07, 6.45) is 1.10. The van der Waals surface area contributed by atoms with E-state index in [1.807, 2.05) is 11.9 Å². The number of hydrogen-bond donors (Lipinski definition) is 1. The van der Waals surface area contributed by atoms with Gasteiger partial charge in [0.25, 0.3) is 5.91 Å². The molecule has 1 aliphatic heterocycles. The Kier molecular flexibility index (Phi) is 5.87. The second-order valence-electron chi connectivity index (χ2n) is 7.29. The van der Waals surface area contributed by atoms with Gasteiger partial charge in [0.05, 0.1) is 0 Å². The van der Waals surface area contributed by atoms with Crippen LogP contribution in [0.25, 0.3) is 0 Å². The van der Waals surface area contributed by atoms with Crippen LogP contribution in [-0.2, 0) is 17.9 Å². The Balaban J connectivity index is 1.63. The molecule has 6 heteroatoms. The number of piperidine rings is 1. The fraction of sp³-hybridized carbons (Fsp3) is 0.381. The van der Waals surface area contributed by atoms with Crippen molar-refractivity contribution in [1.82, 2.24) is 9.80 Å². The number of hydrogen-bond acceptors (Lipinski definition) is 3. The Morgan fingerprint density at radius 2 is 1.59 bits per heavy atom. The van der Waals surface area contributed by atoms with E-state index >= 15 is 0 Å². The third kappa shape index (κ3) is 4.90. The molecule has 144 valence electrons. The fourth-order valence-corrected chi connectivity index (χ4v) is 3.58. The predicted molar refractivity (Wildman–Crippen MR) is 98.7 cm³/mol. The highest BCUT2D eigenvalue weighted by molar-refractivity contribution is 5.86. The van der Waals surface area contributed by atoms with Crippen LogP contribution in [0.15, 0.2) is 48.5 Å². The first-order valence-corrected chi connectivity index (χ1v) is 9.05. The summed E-state index contributed by atoms with van der Waals surface area (Å²) < 4.78 is 26.1. The van der Waals surface area contributed by atoms with Crippen molar-refractivity contribution in [1.29, 1.82) is 0 Å². The lowest BCUT2D eigenvalue weighted by molar-refractivity contribution is -0.160. The third-order valence-corrected chi connectivity index (χ3v) is 4.89. The topological polar surface area (TPSA) is 43.8 Å². The zero-order chi connectivity index (χ0) is 19.4. The van der Waals surface area contributed by atoms with Crippen molar-refractivity contribution >= 4 is 5.91 Å². The van der Waals surface area contributed by atoms with E-state index in [9.17, 15) is 18.7 Å². The Bertz CT molecular complexity index is 780. The van der Waals surface area contributed by atoms with Gasteiger partial charge in [-0.25, -0.2) is 8.78 Å². The number of carbonyl (C=O) groups is 1. The first kappa shape index (κ1) is 19.5. The zero-order valence-corrected chi connectivity index (χ0v) is 15.4. The SMILES string of the molecule is CN(Cc1ccc(F)cc1)C[C@@]1(O)CCCN(Cc2ccc(F)cc2)C1=O. The van der Waals surface area contributed by atoms with Crippen LogP contribution in [0.2, 0.25) is 0 Å². The molecule has 1 saturated heterocycles. The number of carbonyl (C=O) groups excluding carboxylic acids is 1. The average Bonchev–Trinajstić information content (AvgIpc) is 2.63. The molecule has 0 spiro atoms. The number of likely N-dealkylation sites (tertiary alicyclic amines) is 1. The van der Waals surface area contributed by atoms with Crippen LogP contribution in [0.4, 0.5) is 8.78 Å². The minimum Gasteiger partial charge on any atom is -0.379 e. The first-order valence-electron chi connectivity index (χ1n) is 9.05. The molecule has 3 rings (SSSR count). The third-order valence-electron chi connectivity index (χ3n) is 4.89. The summed E-state index contributed by atoms with van der Waals surface area (Å²) >= 11 is 0. The van der Waals surface area contributed by atoms with Gasteiger partial charge in [0.15, 0.2) is 5.60 Å². The van der Waals surface area contributed by atoms with Gasteiger partial charge in [-0.15, -0.1) is 0 Å². The van der Waals surface area contributed by atoms with Crippen molar-refractivity contribution in [3.63, 3.8) is 0 Å². The maximum atomic E-state index is 13.1. The second-order valence-corrected chi connectivity index (χ2v) is 7.29. The van der Waals surface area contributed by atoms with E-state index in [-0.39, 0.29) is 24.1 Å². The minimum absolute atomic E-state index is 0.198. The van der Waals surface area contributed by atoms with E-state index in [1.165, 1.54) is 24.3 Å². The van der Waals surface area contributed by atoms with Gasteiger partial charge in [0, 0.05) is 26.2 Å². The number of likely N-dealkylation sites (N-methyl/N-ethyl adjacent to an activating group) is 1. The molecular formula is C21H24F2N2O2. The second kappa shape index (κ2) is 8.15. The van der Waals surface area contributed by atoms with Crippen molar-refractivity contribution < 1.29 is 18.7 Å². The van der Waals surface area contributed by atoms with Gasteiger partial charge in [-0.3, -0.25) is 9.69 Å². The molecule has 1 atom stereocenters. The number of amides is 1. The number of nitrogens with zero attached hydrogens (tertiary/aromatic N) is 2. The molecule has 0 saturated carbocycles. The molecule has 1 amide bonds. The highest BCUT2D eigenvalue weighted by Crippen LogP contribution is 2.25. The fourth-order valence-electron chi connectivity index (χ4n) is 3.58. The van der Waals surface area contributed by atoms with Gasteiger partial charge in [0.1, 0.15) is 11.6 Å². The predicted octanol–water partition coefficient (Wildman–Crippen LogP) is 2.95. The average molecular weight is 374 g/mol. The van der Waals surface area contributed by atoms with E-state index in [0.29, 0.717) is 32.5 Å². The molecule has 1 fully saturated rings. The van der Waals surface area contributed by atoms with Crippen molar-refractivity contribution in [2.24, 2.45) is 0 Å². The molecule has 1 aliphatic rings. The van der Waals surface area contributed by atoms with E-state index in [4.69, 9.17) is 0 Å². The summed E-state index contributed by atoms with van der Waals surface area (Å²) in [5.74, 6) is -0.911. The number of aliphatic hydroxyl groups is 1. The van der Waals surface area contributed by atoms with E-state index < -0.39 is 5.60 Å². The summed E-state index contributed by atoms with van der Waals surface area (Å²) in [6.45, 7) is 1.63. The monoisotopic (exact) mass is 374 g/mol. The summed E-state index contributed by atoms with van der Waals surface area (Å²) in [5.41, 5.74) is 0.287. The van der Waals surface area contributed by atoms with Crippen LogP contribution >= 0.6 is 0 Å². The molecule has 0 aromatic heterocycles. The van der Waals surface area contributed by atoms with Crippen molar-refractivity contribution in [3.05, 3.63) is 71.3 Å². The molecule has 2 aromatic carbocycles. The molecule has 0 aliphatic carbocycles. The van der Waals surface area contributed by atoms with Crippen molar-refractivity contribution in [3.8, 4) is 0 Å². The lowest BCUT2D eigenvalue weighted by Gasteiger charge is -2.40. The Hall–Kier alpha value is -2.31. The quantitative estimate of drug-likeness (QED) is 0.846. The van der Waals surface area contributed by atoms with Gasteiger partial charge in [-0.1, -0.05) is 24.3 Å². The molecule has 1 N–H and O–H groups in total. The largest absolute Gasteiger partial charge is 0.379 e. The number of halogens is 2. The van der Waals surface area contributed by atoms with Gasteiger partial charge in [0.2, 0.25) is 0 Å². The van der Waals surface area contributed by atoms with E-state index in [1.54, 1.807) is 29.2 Å². The molecule has 27 heavy (non-hydrogen) atoms. The normalized spacial score (nSPS) is 20.3. The van der Waals surface area contributed by atoms with Gasteiger partial charge >= 0.3 is 0 Å². The van der Waals surface area contributed by atoms with Crippen LogP contribution in [0.5, 0.6) is 0 Å². The highest BCUT2D eigenvalue weighted by Gasteiger charge is 2.42. The molecule has 0 bridgehead atoms. The Morgan fingerprint density at radius 3 is 2.19 bits per heavy atom. The van der Waals surface area contributed by atoms with Gasteiger partial charge < -0.3 is 10.0 Å². The maximum absolute atomic E-state index is 13.1. The number of rotatable bonds is 6.